The molecule has 8 heteroatoms. The molecular weight excluding hydrogens is 431 g/mol. The van der Waals surface area contributed by atoms with Gasteiger partial charge in [0.25, 0.3) is 0 Å². The quantitative estimate of drug-likeness (QED) is 0.420. The SMILES string of the molecule is CN(C)Cc1cn(Cc2c(Cl)cccc2Cl)c2ccc3nc(NC4CC4)nc(N)c3c12. The van der Waals surface area contributed by atoms with Crippen molar-refractivity contribution in [2.75, 3.05) is 25.1 Å². The van der Waals surface area contributed by atoms with Gasteiger partial charge in [-0.3, -0.25) is 0 Å². The number of anilines is 2. The van der Waals surface area contributed by atoms with Gasteiger partial charge in [-0.2, -0.15) is 4.98 Å². The molecule has 0 spiro atoms. The van der Waals surface area contributed by atoms with E-state index in [1.807, 2.05) is 24.3 Å². The van der Waals surface area contributed by atoms with Crippen LogP contribution in [0.15, 0.2) is 36.5 Å². The Morgan fingerprint density at radius 3 is 2.52 bits per heavy atom. The fraction of sp³-hybridized carbons (Fsp3) is 0.304. The fourth-order valence-electron chi connectivity index (χ4n) is 4.05. The van der Waals surface area contributed by atoms with Gasteiger partial charge in [-0.25, -0.2) is 4.98 Å². The summed E-state index contributed by atoms with van der Waals surface area (Å²) in [5.74, 6) is 1.09. The maximum absolute atomic E-state index is 6.47. The largest absolute Gasteiger partial charge is 0.383 e. The summed E-state index contributed by atoms with van der Waals surface area (Å²) in [7, 11) is 4.10. The van der Waals surface area contributed by atoms with Crippen molar-refractivity contribution in [3.8, 4) is 0 Å². The number of nitrogens with two attached hydrogens (primary N) is 1. The summed E-state index contributed by atoms with van der Waals surface area (Å²) in [5, 5.41) is 6.62. The Morgan fingerprint density at radius 2 is 1.84 bits per heavy atom. The van der Waals surface area contributed by atoms with Crippen LogP contribution in [0.5, 0.6) is 0 Å². The van der Waals surface area contributed by atoms with Crippen molar-refractivity contribution in [2.45, 2.75) is 32.0 Å². The molecule has 0 radical (unpaired) electrons. The lowest BCUT2D eigenvalue weighted by Crippen LogP contribution is -2.10. The normalized spacial score (nSPS) is 14.1. The number of halogens is 2. The molecule has 1 aliphatic carbocycles. The highest BCUT2D eigenvalue weighted by atomic mass is 35.5. The van der Waals surface area contributed by atoms with Gasteiger partial charge in [0.15, 0.2) is 0 Å². The minimum absolute atomic E-state index is 0.464. The van der Waals surface area contributed by atoms with Crippen LogP contribution in [0.2, 0.25) is 10.0 Å². The predicted molar refractivity (Wildman–Crippen MR) is 129 cm³/mol. The molecule has 2 aromatic carbocycles. The van der Waals surface area contributed by atoms with Crippen LogP contribution < -0.4 is 11.1 Å². The summed E-state index contributed by atoms with van der Waals surface area (Å²) in [6.45, 7) is 1.33. The Kier molecular flexibility index (Phi) is 5.16. The Labute approximate surface area is 191 Å². The zero-order chi connectivity index (χ0) is 21.7. The average molecular weight is 455 g/mol. The second-order valence-corrected chi connectivity index (χ2v) is 9.24. The Balaban J connectivity index is 1.69. The van der Waals surface area contributed by atoms with Gasteiger partial charge < -0.3 is 20.5 Å². The van der Waals surface area contributed by atoms with E-state index >= 15 is 0 Å². The third-order valence-electron chi connectivity index (χ3n) is 5.60. The van der Waals surface area contributed by atoms with E-state index in [9.17, 15) is 0 Å². The van der Waals surface area contributed by atoms with Gasteiger partial charge in [0.05, 0.1) is 17.4 Å². The van der Waals surface area contributed by atoms with Crippen LogP contribution in [0.4, 0.5) is 11.8 Å². The first-order valence-corrected chi connectivity index (χ1v) is 11.1. The molecule has 4 aromatic rings. The third kappa shape index (κ3) is 3.91. The second-order valence-electron chi connectivity index (χ2n) is 8.43. The van der Waals surface area contributed by atoms with Gasteiger partial charge in [-0.05, 0) is 56.8 Å². The zero-order valence-electron chi connectivity index (χ0n) is 17.5. The third-order valence-corrected chi connectivity index (χ3v) is 6.31. The molecule has 0 aliphatic heterocycles. The molecule has 1 saturated carbocycles. The van der Waals surface area contributed by atoms with Crippen LogP contribution in [-0.4, -0.2) is 39.6 Å². The first kappa shape index (κ1) is 20.4. The number of nitrogens with one attached hydrogen (secondary N) is 1. The van der Waals surface area contributed by atoms with Crippen molar-refractivity contribution in [2.24, 2.45) is 0 Å². The molecule has 6 nitrogen and oxygen atoms in total. The molecule has 2 aromatic heterocycles. The lowest BCUT2D eigenvalue weighted by molar-refractivity contribution is 0.403. The van der Waals surface area contributed by atoms with Crippen LogP contribution in [0.1, 0.15) is 24.0 Å². The number of fused-ring (bicyclic) bond motifs is 3. The van der Waals surface area contributed by atoms with E-state index in [1.165, 1.54) is 0 Å². The smallest absolute Gasteiger partial charge is 0.225 e. The van der Waals surface area contributed by atoms with E-state index in [0.29, 0.717) is 34.4 Å². The summed E-state index contributed by atoms with van der Waals surface area (Å²) in [6.07, 6.45) is 4.46. The Hall–Kier alpha value is -2.54. The first-order valence-electron chi connectivity index (χ1n) is 10.3. The lowest BCUT2D eigenvalue weighted by Gasteiger charge is -2.12. The highest BCUT2D eigenvalue weighted by molar-refractivity contribution is 6.36. The minimum atomic E-state index is 0.464. The van der Waals surface area contributed by atoms with E-state index in [4.69, 9.17) is 33.9 Å². The van der Waals surface area contributed by atoms with Gasteiger partial charge in [-0.15, -0.1) is 0 Å². The van der Waals surface area contributed by atoms with Crippen molar-refractivity contribution < 1.29 is 0 Å². The second kappa shape index (κ2) is 7.86. The first-order chi connectivity index (χ1) is 14.9. The molecule has 0 saturated heterocycles. The number of hydrogen-bond acceptors (Lipinski definition) is 5. The van der Waals surface area contributed by atoms with Gasteiger partial charge in [0.1, 0.15) is 5.82 Å². The maximum Gasteiger partial charge on any atom is 0.225 e. The monoisotopic (exact) mass is 454 g/mol. The highest BCUT2D eigenvalue weighted by Crippen LogP contribution is 2.35. The van der Waals surface area contributed by atoms with E-state index in [1.54, 1.807) is 0 Å². The molecule has 1 fully saturated rings. The molecule has 0 amide bonds. The highest BCUT2D eigenvalue weighted by Gasteiger charge is 2.23. The Bertz CT molecular complexity index is 1270. The molecule has 1 aliphatic rings. The lowest BCUT2D eigenvalue weighted by atomic mass is 10.1. The van der Waals surface area contributed by atoms with Gasteiger partial charge in [0.2, 0.25) is 5.95 Å². The molecular formula is C23H24Cl2N6. The number of hydrogen-bond donors (Lipinski definition) is 2. The molecule has 0 atom stereocenters. The maximum atomic E-state index is 6.47. The van der Waals surface area contributed by atoms with Crippen LogP contribution >= 0.6 is 23.2 Å². The number of benzene rings is 2. The van der Waals surface area contributed by atoms with E-state index in [-0.39, 0.29) is 0 Å². The Morgan fingerprint density at radius 1 is 1.10 bits per heavy atom. The molecule has 160 valence electrons. The number of nitrogens with zero attached hydrogens (tertiary/aromatic N) is 4. The predicted octanol–water partition coefficient (Wildman–Crippen LogP) is 5.16. The molecule has 0 unspecified atom stereocenters. The molecule has 3 N–H and O–H groups in total. The molecule has 2 heterocycles. The van der Waals surface area contributed by atoms with E-state index in [0.717, 1.165) is 52.3 Å². The number of nitrogen functional groups attached to an aromatic ring is 1. The van der Waals surface area contributed by atoms with Crippen LogP contribution in [0.3, 0.4) is 0 Å². The topological polar surface area (TPSA) is 72.0 Å². The summed E-state index contributed by atoms with van der Waals surface area (Å²) in [4.78, 5) is 11.4. The standard InChI is InChI=1S/C23H24Cl2N6/c1-30(2)10-13-11-31(12-15-16(24)4-3-5-17(15)25)19-9-8-18-21(20(13)19)22(26)29-23(28-18)27-14-6-7-14/h3-5,8-9,11,14H,6-7,10,12H2,1-2H3,(H3,26,27,28,29). The van der Waals surface area contributed by atoms with Crippen molar-refractivity contribution in [1.29, 1.82) is 0 Å². The van der Waals surface area contributed by atoms with Gasteiger partial charge in [0, 0.05) is 45.3 Å². The summed E-state index contributed by atoms with van der Waals surface area (Å²) < 4.78 is 2.18. The number of aromatic nitrogens is 3. The van der Waals surface area contributed by atoms with E-state index < -0.39 is 0 Å². The molecule has 0 bridgehead atoms. The van der Waals surface area contributed by atoms with Crippen LogP contribution in [-0.2, 0) is 13.1 Å². The number of rotatable bonds is 6. The fourth-order valence-corrected chi connectivity index (χ4v) is 4.57. The van der Waals surface area contributed by atoms with Crippen LogP contribution in [0, 0.1) is 0 Å². The summed E-state index contributed by atoms with van der Waals surface area (Å²) >= 11 is 12.9. The van der Waals surface area contributed by atoms with Crippen molar-refractivity contribution >= 4 is 56.8 Å². The molecule has 31 heavy (non-hydrogen) atoms. The zero-order valence-corrected chi connectivity index (χ0v) is 19.0. The van der Waals surface area contributed by atoms with Gasteiger partial charge >= 0.3 is 0 Å². The van der Waals surface area contributed by atoms with E-state index in [2.05, 4.69) is 46.1 Å². The van der Waals surface area contributed by atoms with Gasteiger partial charge in [-0.1, -0.05) is 29.3 Å². The minimum Gasteiger partial charge on any atom is -0.383 e. The van der Waals surface area contributed by atoms with Crippen molar-refractivity contribution in [1.82, 2.24) is 19.4 Å². The average Bonchev–Trinajstić information content (AvgIpc) is 3.45. The van der Waals surface area contributed by atoms with Crippen molar-refractivity contribution in [3.63, 3.8) is 0 Å². The molecule has 5 rings (SSSR count). The summed E-state index contributed by atoms with van der Waals surface area (Å²) in [6, 6.07) is 10.2. The van der Waals surface area contributed by atoms with Crippen LogP contribution in [0.25, 0.3) is 21.8 Å². The van der Waals surface area contributed by atoms with Crippen molar-refractivity contribution in [3.05, 3.63) is 57.7 Å². The summed E-state index contributed by atoms with van der Waals surface area (Å²) in [5.41, 5.74) is 10.4.